The summed E-state index contributed by atoms with van der Waals surface area (Å²) in [5.41, 5.74) is 5.49. The highest BCUT2D eigenvalue weighted by molar-refractivity contribution is 6.31. The van der Waals surface area contributed by atoms with Crippen LogP contribution in [0.2, 0.25) is 5.02 Å². The van der Waals surface area contributed by atoms with Crippen LogP contribution in [0.15, 0.2) is 18.2 Å². The van der Waals surface area contributed by atoms with E-state index in [1.807, 2.05) is 0 Å². The van der Waals surface area contributed by atoms with Crippen molar-refractivity contribution in [2.45, 2.75) is 37.6 Å². The van der Waals surface area contributed by atoms with E-state index in [-0.39, 0.29) is 24.0 Å². The normalized spacial score (nSPS) is 16.4. The lowest BCUT2D eigenvalue weighted by Crippen LogP contribution is -2.60. The minimum Gasteiger partial charge on any atom is -0.398 e. The first-order valence-electron chi connectivity index (χ1n) is 7.63. The quantitative estimate of drug-likeness (QED) is 0.488. The number of amides is 2. The summed E-state index contributed by atoms with van der Waals surface area (Å²) in [6.45, 7) is 0.152. The van der Waals surface area contributed by atoms with Crippen LogP contribution in [0.3, 0.4) is 0 Å². The number of halogens is 1. The Hall–Kier alpha value is -2.08. The van der Waals surface area contributed by atoms with Crippen LogP contribution in [0.25, 0.3) is 0 Å². The van der Waals surface area contributed by atoms with Gasteiger partial charge in [0.25, 0.3) is 5.91 Å². The second kappa shape index (κ2) is 7.46. The van der Waals surface area contributed by atoms with E-state index in [0.717, 1.165) is 25.5 Å². The Morgan fingerprint density at radius 2 is 2.00 bits per heavy atom. The molecule has 6 nitrogen and oxygen atoms in total. The van der Waals surface area contributed by atoms with E-state index in [4.69, 9.17) is 22.7 Å². The molecule has 1 aliphatic rings. The van der Waals surface area contributed by atoms with E-state index < -0.39 is 5.54 Å². The molecule has 1 aliphatic carbocycles. The third-order valence-electron chi connectivity index (χ3n) is 4.12. The third kappa shape index (κ3) is 4.01. The fraction of sp³-hybridized carbons (Fsp3) is 0.438. The molecule has 1 saturated carbocycles. The summed E-state index contributed by atoms with van der Waals surface area (Å²) in [6, 6.07) is 4.66. The Labute approximate surface area is 140 Å². The van der Waals surface area contributed by atoms with Gasteiger partial charge in [-0.1, -0.05) is 30.9 Å². The summed E-state index contributed by atoms with van der Waals surface area (Å²) in [5, 5.41) is 13.0. The molecule has 0 bridgehead atoms. The number of carbonyl (C=O) groups is 2. The highest BCUT2D eigenvalue weighted by Gasteiger charge is 2.40. The molecule has 2 amide bonds. The number of anilines is 1. The molecule has 0 heterocycles. The molecule has 1 aromatic carbocycles. The van der Waals surface area contributed by atoms with Gasteiger partial charge >= 0.3 is 0 Å². The molecular weight excluding hydrogens is 316 g/mol. The maximum atomic E-state index is 12.6. The number of nitrogens with one attached hydrogen (secondary N) is 3. The number of nitrogens with two attached hydrogens (primary N) is 1. The second-order valence-corrected chi connectivity index (χ2v) is 6.18. The first kappa shape index (κ1) is 17.3. The van der Waals surface area contributed by atoms with Gasteiger partial charge in [0, 0.05) is 16.9 Å². The molecule has 0 atom stereocenters. The topological polar surface area (TPSA) is 108 Å². The number of carbonyl (C=O) groups excluding carboxylic acids is 2. The average Bonchev–Trinajstić information content (AvgIpc) is 2.53. The monoisotopic (exact) mass is 336 g/mol. The Morgan fingerprint density at radius 1 is 1.30 bits per heavy atom. The van der Waals surface area contributed by atoms with Crippen molar-refractivity contribution in [1.29, 1.82) is 5.41 Å². The Kier molecular flexibility index (Phi) is 5.60. The summed E-state index contributed by atoms with van der Waals surface area (Å²) in [7, 11) is 0. The number of hydrogen-bond donors (Lipinski definition) is 4. The lowest BCUT2D eigenvalue weighted by atomic mass is 9.80. The van der Waals surface area contributed by atoms with Gasteiger partial charge in [0.1, 0.15) is 5.54 Å². The molecule has 5 N–H and O–H groups in total. The van der Waals surface area contributed by atoms with Crippen LogP contribution in [-0.2, 0) is 4.79 Å². The largest absolute Gasteiger partial charge is 0.398 e. The standard InChI is InChI=1S/C16H21ClN4O2/c17-11-4-5-12(13(19)10-11)14(22)21-16(6-2-1-3-7-16)15(23)20-9-8-18/h4-5,8,10,18H,1-3,6-7,9,19H2,(H,20,23)(H,21,22). The molecule has 124 valence electrons. The van der Waals surface area contributed by atoms with Crippen molar-refractivity contribution in [3.05, 3.63) is 28.8 Å². The highest BCUT2D eigenvalue weighted by atomic mass is 35.5. The Morgan fingerprint density at radius 3 is 2.61 bits per heavy atom. The van der Waals surface area contributed by atoms with Crippen molar-refractivity contribution >= 4 is 35.3 Å². The van der Waals surface area contributed by atoms with Crippen molar-refractivity contribution in [3.63, 3.8) is 0 Å². The molecule has 0 aliphatic heterocycles. The van der Waals surface area contributed by atoms with Crippen molar-refractivity contribution in [2.24, 2.45) is 0 Å². The Balaban J connectivity index is 2.21. The lowest BCUT2D eigenvalue weighted by molar-refractivity contribution is -0.128. The van der Waals surface area contributed by atoms with Gasteiger partial charge in [0.2, 0.25) is 5.91 Å². The van der Waals surface area contributed by atoms with E-state index >= 15 is 0 Å². The maximum Gasteiger partial charge on any atom is 0.254 e. The van der Waals surface area contributed by atoms with E-state index in [1.54, 1.807) is 12.1 Å². The average molecular weight is 337 g/mol. The minimum absolute atomic E-state index is 0.152. The van der Waals surface area contributed by atoms with Crippen LogP contribution in [-0.4, -0.2) is 30.1 Å². The molecular formula is C16H21ClN4O2. The molecule has 0 radical (unpaired) electrons. The molecule has 23 heavy (non-hydrogen) atoms. The van der Waals surface area contributed by atoms with Gasteiger partial charge in [-0.05, 0) is 31.0 Å². The molecule has 7 heteroatoms. The van der Waals surface area contributed by atoms with Crippen molar-refractivity contribution in [1.82, 2.24) is 10.6 Å². The molecule has 1 aromatic rings. The third-order valence-corrected chi connectivity index (χ3v) is 4.35. The zero-order valence-electron chi connectivity index (χ0n) is 12.8. The van der Waals surface area contributed by atoms with Gasteiger partial charge in [-0.2, -0.15) is 0 Å². The zero-order valence-corrected chi connectivity index (χ0v) is 13.6. The van der Waals surface area contributed by atoms with Crippen LogP contribution in [0.5, 0.6) is 0 Å². The lowest BCUT2D eigenvalue weighted by Gasteiger charge is -2.36. The summed E-state index contributed by atoms with van der Waals surface area (Å²) in [4.78, 5) is 25.1. The van der Waals surface area contributed by atoms with Crippen LogP contribution >= 0.6 is 11.6 Å². The minimum atomic E-state index is -0.940. The molecule has 0 saturated heterocycles. The molecule has 2 rings (SSSR count). The maximum absolute atomic E-state index is 12.6. The first-order chi connectivity index (χ1) is 11.0. The molecule has 1 fully saturated rings. The van der Waals surface area contributed by atoms with Crippen LogP contribution < -0.4 is 16.4 Å². The van der Waals surface area contributed by atoms with Gasteiger partial charge < -0.3 is 21.8 Å². The van der Waals surface area contributed by atoms with Crippen molar-refractivity contribution < 1.29 is 9.59 Å². The second-order valence-electron chi connectivity index (χ2n) is 5.74. The Bertz CT molecular complexity index is 612. The van der Waals surface area contributed by atoms with E-state index in [2.05, 4.69) is 10.6 Å². The fourth-order valence-corrected chi connectivity index (χ4v) is 3.08. The smallest absolute Gasteiger partial charge is 0.254 e. The number of nitrogen functional groups attached to an aromatic ring is 1. The first-order valence-corrected chi connectivity index (χ1v) is 8.01. The van der Waals surface area contributed by atoms with Crippen molar-refractivity contribution in [3.8, 4) is 0 Å². The fourth-order valence-electron chi connectivity index (χ4n) is 2.90. The van der Waals surface area contributed by atoms with E-state index in [9.17, 15) is 9.59 Å². The van der Waals surface area contributed by atoms with E-state index in [0.29, 0.717) is 23.4 Å². The van der Waals surface area contributed by atoms with Gasteiger partial charge in [0.05, 0.1) is 12.1 Å². The summed E-state index contributed by atoms with van der Waals surface area (Å²) < 4.78 is 0. The van der Waals surface area contributed by atoms with Gasteiger partial charge in [0.15, 0.2) is 0 Å². The highest BCUT2D eigenvalue weighted by Crippen LogP contribution is 2.29. The zero-order chi connectivity index (χ0) is 16.9. The van der Waals surface area contributed by atoms with Crippen molar-refractivity contribution in [2.75, 3.05) is 12.3 Å². The molecule has 0 aromatic heterocycles. The summed E-state index contributed by atoms with van der Waals surface area (Å²) >= 11 is 5.85. The summed E-state index contributed by atoms with van der Waals surface area (Å²) in [6.07, 6.45) is 5.06. The number of rotatable bonds is 5. The van der Waals surface area contributed by atoms with Gasteiger partial charge in [-0.15, -0.1) is 0 Å². The van der Waals surface area contributed by atoms with Gasteiger partial charge in [-0.3, -0.25) is 9.59 Å². The van der Waals surface area contributed by atoms with Crippen LogP contribution in [0, 0.1) is 5.41 Å². The predicted octanol–water partition coefficient (Wildman–Crippen LogP) is 2.12. The van der Waals surface area contributed by atoms with Crippen LogP contribution in [0.4, 0.5) is 5.69 Å². The van der Waals surface area contributed by atoms with Crippen LogP contribution in [0.1, 0.15) is 42.5 Å². The van der Waals surface area contributed by atoms with Gasteiger partial charge in [-0.25, -0.2) is 0 Å². The number of benzene rings is 1. The molecule has 0 spiro atoms. The predicted molar refractivity (Wildman–Crippen MR) is 90.9 cm³/mol. The number of hydrogen-bond acceptors (Lipinski definition) is 4. The molecule has 0 unspecified atom stereocenters. The SMILES string of the molecule is N=CCNC(=O)C1(NC(=O)c2ccc(Cl)cc2N)CCCCC1. The summed E-state index contributed by atoms with van der Waals surface area (Å²) in [5.74, 6) is -0.632. The van der Waals surface area contributed by atoms with E-state index in [1.165, 1.54) is 6.07 Å².